The molecule has 6 nitrogen and oxygen atoms in total. The Hall–Kier alpha value is -1.69. The Morgan fingerprint density at radius 3 is 2.42 bits per heavy atom. The normalized spacial score (nSPS) is 21.1. The van der Waals surface area contributed by atoms with Gasteiger partial charge in [0.25, 0.3) is 0 Å². The van der Waals surface area contributed by atoms with Crippen LogP contribution in [0.4, 0.5) is 5.82 Å². The zero-order valence-electron chi connectivity index (χ0n) is 14.5. The van der Waals surface area contributed by atoms with Gasteiger partial charge < -0.3 is 10.2 Å². The fourth-order valence-electron chi connectivity index (χ4n) is 3.67. The van der Waals surface area contributed by atoms with Crippen LogP contribution in [0.1, 0.15) is 44.9 Å². The van der Waals surface area contributed by atoms with Crippen LogP contribution in [0.25, 0.3) is 0 Å². The third kappa shape index (κ3) is 5.16. The van der Waals surface area contributed by atoms with Gasteiger partial charge in [-0.1, -0.05) is 32.1 Å². The highest BCUT2D eigenvalue weighted by atomic mass is 16.2. The van der Waals surface area contributed by atoms with Crippen LogP contribution in [-0.4, -0.2) is 59.5 Å². The molecule has 1 aliphatic heterocycles. The Balaban J connectivity index is 1.39. The molecule has 0 spiro atoms. The predicted molar refractivity (Wildman–Crippen MR) is 94.9 cm³/mol. The van der Waals surface area contributed by atoms with E-state index in [2.05, 4.69) is 25.1 Å². The molecule has 0 radical (unpaired) electrons. The Morgan fingerprint density at radius 2 is 1.75 bits per heavy atom. The van der Waals surface area contributed by atoms with Gasteiger partial charge in [-0.05, 0) is 12.8 Å². The monoisotopic (exact) mass is 331 g/mol. The lowest BCUT2D eigenvalue weighted by Crippen LogP contribution is -2.50. The summed E-state index contributed by atoms with van der Waals surface area (Å²) in [5.41, 5.74) is 0. The van der Waals surface area contributed by atoms with E-state index in [0.717, 1.165) is 44.8 Å². The largest absolute Gasteiger partial charge is 0.353 e. The van der Waals surface area contributed by atoms with Crippen LogP contribution in [0.15, 0.2) is 18.6 Å². The number of rotatable bonds is 4. The fourth-order valence-corrected chi connectivity index (χ4v) is 3.67. The van der Waals surface area contributed by atoms with Gasteiger partial charge in [0.2, 0.25) is 5.91 Å². The van der Waals surface area contributed by atoms with Crippen molar-refractivity contribution in [2.75, 3.05) is 37.6 Å². The standard InChI is InChI=1S/C18H29N5O/c24-18(21-16-6-4-2-1-3-5-7-16)15-22-10-12-23(13-11-22)17-14-19-8-9-20-17/h8-9,14,16H,1-7,10-13,15H2,(H,21,24). The minimum absolute atomic E-state index is 0.188. The van der Waals surface area contributed by atoms with Gasteiger partial charge in [0.05, 0.1) is 12.7 Å². The molecule has 24 heavy (non-hydrogen) atoms. The zero-order valence-corrected chi connectivity index (χ0v) is 14.5. The van der Waals surface area contributed by atoms with Crippen molar-refractivity contribution in [3.63, 3.8) is 0 Å². The van der Waals surface area contributed by atoms with E-state index < -0.39 is 0 Å². The van der Waals surface area contributed by atoms with E-state index in [-0.39, 0.29) is 5.91 Å². The lowest BCUT2D eigenvalue weighted by molar-refractivity contribution is -0.123. The van der Waals surface area contributed by atoms with Crippen molar-refractivity contribution in [1.82, 2.24) is 20.2 Å². The van der Waals surface area contributed by atoms with Gasteiger partial charge in [0, 0.05) is 44.6 Å². The van der Waals surface area contributed by atoms with Crippen LogP contribution >= 0.6 is 0 Å². The average molecular weight is 331 g/mol. The van der Waals surface area contributed by atoms with Crippen molar-refractivity contribution < 1.29 is 4.79 Å². The van der Waals surface area contributed by atoms with Crippen LogP contribution in [0.3, 0.4) is 0 Å². The van der Waals surface area contributed by atoms with Gasteiger partial charge in [0.15, 0.2) is 0 Å². The third-order valence-electron chi connectivity index (χ3n) is 5.08. The maximum atomic E-state index is 12.3. The highest BCUT2D eigenvalue weighted by Crippen LogP contribution is 2.17. The first kappa shape index (κ1) is 17.1. The first-order valence-electron chi connectivity index (χ1n) is 9.34. The fraction of sp³-hybridized carbons (Fsp3) is 0.722. The number of anilines is 1. The van der Waals surface area contributed by atoms with Crippen molar-refractivity contribution in [1.29, 1.82) is 0 Å². The summed E-state index contributed by atoms with van der Waals surface area (Å²) < 4.78 is 0. The van der Waals surface area contributed by atoms with Gasteiger partial charge in [-0.2, -0.15) is 0 Å². The van der Waals surface area contributed by atoms with Gasteiger partial charge in [0.1, 0.15) is 5.82 Å². The zero-order chi connectivity index (χ0) is 16.6. The summed E-state index contributed by atoms with van der Waals surface area (Å²) in [5.74, 6) is 1.12. The molecule has 0 bridgehead atoms. The minimum atomic E-state index is 0.188. The maximum Gasteiger partial charge on any atom is 0.234 e. The molecule has 1 saturated carbocycles. The van der Waals surface area contributed by atoms with Crippen LogP contribution in [-0.2, 0) is 4.79 Å². The maximum absolute atomic E-state index is 12.3. The number of aromatic nitrogens is 2. The van der Waals surface area contributed by atoms with Crippen LogP contribution < -0.4 is 10.2 Å². The minimum Gasteiger partial charge on any atom is -0.353 e. The van der Waals surface area contributed by atoms with E-state index in [1.807, 2.05) is 0 Å². The molecule has 2 heterocycles. The van der Waals surface area contributed by atoms with Gasteiger partial charge in [-0.25, -0.2) is 4.98 Å². The summed E-state index contributed by atoms with van der Waals surface area (Å²) in [6.07, 6.45) is 14.0. The molecular formula is C18H29N5O. The molecule has 0 unspecified atom stereocenters. The summed E-state index contributed by atoms with van der Waals surface area (Å²) in [6, 6.07) is 0.388. The Bertz CT molecular complexity index is 493. The summed E-state index contributed by atoms with van der Waals surface area (Å²) in [6.45, 7) is 4.11. The van der Waals surface area contributed by atoms with Crippen molar-refractivity contribution in [2.45, 2.75) is 51.0 Å². The quantitative estimate of drug-likeness (QED) is 0.912. The summed E-state index contributed by atoms with van der Waals surface area (Å²) in [4.78, 5) is 25.3. The second-order valence-corrected chi connectivity index (χ2v) is 6.94. The van der Waals surface area contributed by atoms with E-state index in [9.17, 15) is 4.79 Å². The summed E-state index contributed by atoms with van der Waals surface area (Å²) >= 11 is 0. The van der Waals surface area contributed by atoms with Gasteiger partial charge >= 0.3 is 0 Å². The number of nitrogens with zero attached hydrogens (tertiary/aromatic N) is 4. The van der Waals surface area contributed by atoms with Gasteiger partial charge in [-0.15, -0.1) is 0 Å². The summed E-state index contributed by atoms with van der Waals surface area (Å²) in [7, 11) is 0. The summed E-state index contributed by atoms with van der Waals surface area (Å²) in [5, 5.41) is 3.26. The van der Waals surface area contributed by atoms with E-state index in [0.29, 0.717) is 12.6 Å². The van der Waals surface area contributed by atoms with Crippen molar-refractivity contribution in [2.24, 2.45) is 0 Å². The molecule has 1 N–H and O–H groups in total. The molecule has 2 fully saturated rings. The third-order valence-corrected chi connectivity index (χ3v) is 5.08. The molecular weight excluding hydrogens is 302 g/mol. The number of amides is 1. The number of hydrogen-bond donors (Lipinski definition) is 1. The van der Waals surface area contributed by atoms with Gasteiger partial charge in [-0.3, -0.25) is 14.7 Å². The van der Waals surface area contributed by atoms with Crippen LogP contribution in [0, 0.1) is 0 Å². The number of carbonyl (C=O) groups is 1. The lowest BCUT2D eigenvalue weighted by Gasteiger charge is -2.35. The van der Waals surface area contributed by atoms with Crippen LogP contribution in [0.2, 0.25) is 0 Å². The molecule has 6 heteroatoms. The molecule has 132 valence electrons. The first-order valence-corrected chi connectivity index (χ1v) is 9.34. The molecule has 1 aliphatic carbocycles. The Morgan fingerprint density at radius 1 is 1.04 bits per heavy atom. The smallest absolute Gasteiger partial charge is 0.234 e. The second kappa shape index (κ2) is 8.97. The van der Waals surface area contributed by atoms with E-state index in [1.54, 1.807) is 18.6 Å². The first-order chi connectivity index (χ1) is 11.8. The Labute approximate surface area is 144 Å². The molecule has 0 aromatic carbocycles. The van der Waals surface area contributed by atoms with Crippen molar-refractivity contribution in [3.8, 4) is 0 Å². The van der Waals surface area contributed by atoms with Crippen molar-refractivity contribution >= 4 is 11.7 Å². The highest BCUT2D eigenvalue weighted by Gasteiger charge is 2.21. The SMILES string of the molecule is O=C(CN1CCN(c2cnccn2)CC1)NC1CCCCCCC1. The number of hydrogen-bond acceptors (Lipinski definition) is 5. The topological polar surface area (TPSA) is 61.4 Å². The average Bonchev–Trinajstić information content (AvgIpc) is 2.59. The van der Waals surface area contributed by atoms with E-state index in [1.165, 1.54) is 32.1 Å². The van der Waals surface area contributed by atoms with Crippen molar-refractivity contribution in [3.05, 3.63) is 18.6 Å². The second-order valence-electron chi connectivity index (χ2n) is 6.94. The van der Waals surface area contributed by atoms with E-state index >= 15 is 0 Å². The number of nitrogens with one attached hydrogen (secondary N) is 1. The highest BCUT2D eigenvalue weighted by molar-refractivity contribution is 5.78. The Kier molecular flexibility index (Phi) is 6.41. The van der Waals surface area contributed by atoms with Crippen LogP contribution in [0.5, 0.6) is 0 Å². The number of piperazine rings is 1. The molecule has 1 saturated heterocycles. The molecule has 1 aromatic rings. The molecule has 1 aromatic heterocycles. The molecule has 0 atom stereocenters. The van der Waals surface area contributed by atoms with E-state index in [4.69, 9.17) is 0 Å². The molecule has 3 rings (SSSR count). The molecule has 1 amide bonds. The number of carbonyl (C=O) groups excluding carboxylic acids is 1. The predicted octanol–water partition coefficient (Wildman–Crippen LogP) is 1.83. The molecule has 2 aliphatic rings. The lowest BCUT2D eigenvalue weighted by atomic mass is 9.97.